The molecule has 0 unspecified atom stereocenters. The van der Waals surface area contributed by atoms with Crippen LogP contribution in [0.1, 0.15) is 30.4 Å². The average Bonchev–Trinajstić information content (AvgIpc) is 2.48. The van der Waals surface area contributed by atoms with Crippen molar-refractivity contribution in [1.29, 1.82) is 5.26 Å². The Hall–Kier alpha value is -2.67. The molecule has 0 spiro atoms. The predicted octanol–water partition coefficient (Wildman–Crippen LogP) is 3.76. The van der Waals surface area contributed by atoms with Crippen LogP contribution >= 0.6 is 0 Å². The third-order valence-corrected chi connectivity index (χ3v) is 4.29. The number of amides is 1. The van der Waals surface area contributed by atoms with Crippen molar-refractivity contribution < 1.29 is 9.18 Å². The molecule has 0 heterocycles. The third-order valence-electron chi connectivity index (χ3n) is 4.29. The van der Waals surface area contributed by atoms with E-state index in [1.807, 2.05) is 0 Å². The van der Waals surface area contributed by atoms with E-state index in [2.05, 4.69) is 11.4 Å². The van der Waals surface area contributed by atoms with Crippen LogP contribution in [-0.4, -0.2) is 5.91 Å². The molecule has 0 aliphatic heterocycles. The Balaban J connectivity index is 1.85. The third kappa shape index (κ3) is 2.46. The summed E-state index contributed by atoms with van der Waals surface area (Å²) in [7, 11) is 0. The van der Waals surface area contributed by atoms with E-state index in [1.54, 1.807) is 36.4 Å². The second-order valence-electron chi connectivity index (χ2n) is 5.59. The highest BCUT2D eigenvalue weighted by molar-refractivity contribution is 6.00. The van der Waals surface area contributed by atoms with E-state index in [4.69, 9.17) is 5.26 Å². The molecule has 110 valence electrons. The molecule has 0 saturated heterocycles. The molecule has 2 aromatic carbocycles. The van der Waals surface area contributed by atoms with Crippen molar-refractivity contribution in [3.63, 3.8) is 0 Å². The maximum absolute atomic E-state index is 13.1. The summed E-state index contributed by atoms with van der Waals surface area (Å²) < 4.78 is 13.1. The zero-order chi connectivity index (χ0) is 15.6. The minimum Gasteiger partial charge on any atom is -0.325 e. The number of nitrogens with one attached hydrogen (secondary N) is 1. The first-order chi connectivity index (χ1) is 10.6. The molecule has 4 heteroatoms. The Kier molecular flexibility index (Phi) is 3.64. The summed E-state index contributed by atoms with van der Waals surface area (Å²) >= 11 is 0. The van der Waals surface area contributed by atoms with Crippen LogP contribution in [0.5, 0.6) is 0 Å². The van der Waals surface area contributed by atoms with Crippen LogP contribution in [0.3, 0.4) is 0 Å². The largest absolute Gasteiger partial charge is 0.325 e. The van der Waals surface area contributed by atoms with Crippen LogP contribution in [0, 0.1) is 17.1 Å². The Morgan fingerprint density at radius 3 is 2.50 bits per heavy atom. The molecule has 0 aromatic heterocycles. The number of nitrogens with zero attached hydrogens (tertiary/aromatic N) is 1. The van der Waals surface area contributed by atoms with Gasteiger partial charge in [-0.1, -0.05) is 24.6 Å². The lowest BCUT2D eigenvalue weighted by molar-refractivity contribution is -0.124. The number of hydrogen-bond donors (Lipinski definition) is 1. The van der Waals surface area contributed by atoms with Crippen molar-refractivity contribution in [2.75, 3.05) is 5.32 Å². The Labute approximate surface area is 128 Å². The van der Waals surface area contributed by atoms with Crippen LogP contribution < -0.4 is 5.32 Å². The number of benzene rings is 2. The summed E-state index contributed by atoms with van der Waals surface area (Å²) in [5.41, 5.74) is 1.37. The molecule has 3 nitrogen and oxygen atoms in total. The molecule has 2 aromatic rings. The summed E-state index contributed by atoms with van der Waals surface area (Å²) in [6.07, 6.45) is 2.48. The first-order valence-electron chi connectivity index (χ1n) is 7.22. The molecule has 1 amide bonds. The SMILES string of the molecule is N#Cc1cccc(NC(=O)C2(c3ccc(F)cc3)CCC2)c1. The van der Waals surface area contributed by atoms with E-state index >= 15 is 0 Å². The fourth-order valence-corrected chi connectivity index (χ4v) is 2.86. The fourth-order valence-electron chi connectivity index (χ4n) is 2.86. The molecule has 3 rings (SSSR count). The minimum atomic E-state index is -0.587. The number of carbonyl (C=O) groups excluding carboxylic acids is 1. The second kappa shape index (κ2) is 5.61. The average molecular weight is 294 g/mol. The van der Waals surface area contributed by atoms with Crippen molar-refractivity contribution >= 4 is 11.6 Å². The number of nitriles is 1. The van der Waals surface area contributed by atoms with Gasteiger partial charge in [0.05, 0.1) is 17.0 Å². The van der Waals surface area contributed by atoms with Crippen molar-refractivity contribution in [2.24, 2.45) is 0 Å². The molecule has 1 fully saturated rings. The van der Waals surface area contributed by atoms with Crippen LogP contribution in [-0.2, 0) is 10.2 Å². The standard InChI is InChI=1S/C18H15FN2O/c19-15-7-5-14(6-8-15)18(9-2-10-18)17(22)21-16-4-1-3-13(11-16)12-20/h1,3-8,11H,2,9-10H2,(H,21,22). The van der Waals surface area contributed by atoms with Gasteiger partial charge in [0, 0.05) is 5.69 Å². The van der Waals surface area contributed by atoms with Gasteiger partial charge in [-0.05, 0) is 48.7 Å². The molecule has 1 saturated carbocycles. The highest BCUT2D eigenvalue weighted by Crippen LogP contribution is 2.44. The molecule has 22 heavy (non-hydrogen) atoms. The summed E-state index contributed by atoms with van der Waals surface area (Å²) in [4.78, 5) is 12.7. The van der Waals surface area contributed by atoms with Gasteiger partial charge in [-0.2, -0.15) is 5.26 Å². The van der Waals surface area contributed by atoms with E-state index in [1.165, 1.54) is 12.1 Å². The number of halogens is 1. The van der Waals surface area contributed by atoms with Gasteiger partial charge in [-0.25, -0.2) is 4.39 Å². The van der Waals surface area contributed by atoms with E-state index in [-0.39, 0.29) is 11.7 Å². The Bertz CT molecular complexity index is 742. The van der Waals surface area contributed by atoms with E-state index in [0.717, 1.165) is 24.8 Å². The first-order valence-corrected chi connectivity index (χ1v) is 7.22. The molecule has 0 bridgehead atoms. The van der Waals surface area contributed by atoms with Crippen LogP contribution in [0.4, 0.5) is 10.1 Å². The molecule has 0 radical (unpaired) electrons. The molecule has 1 N–H and O–H groups in total. The van der Waals surface area contributed by atoms with Crippen LogP contribution in [0.2, 0.25) is 0 Å². The summed E-state index contributed by atoms with van der Waals surface area (Å²) in [5.74, 6) is -0.402. The summed E-state index contributed by atoms with van der Waals surface area (Å²) in [6.45, 7) is 0. The lowest BCUT2D eigenvalue weighted by atomic mass is 9.64. The lowest BCUT2D eigenvalue weighted by Crippen LogP contribution is -2.46. The highest BCUT2D eigenvalue weighted by Gasteiger charge is 2.45. The smallest absolute Gasteiger partial charge is 0.235 e. The highest BCUT2D eigenvalue weighted by atomic mass is 19.1. The topological polar surface area (TPSA) is 52.9 Å². The minimum absolute atomic E-state index is 0.0968. The quantitative estimate of drug-likeness (QED) is 0.937. The van der Waals surface area contributed by atoms with Gasteiger partial charge in [0.2, 0.25) is 5.91 Å². The van der Waals surface area contributed by atoms with Crippen molar-refractivity contribution in [3.8, 4) is 6.07 Å². The first kappa shape index (κ1) is 14.3. The maximum atomic E-state index is 13.1. The van der Waals surface area contributed by atoms with E-state index < -0.39 is 5.41 Å². The van der Waals surface area contributed by atoms with Gasteiger partial charge >= 0.3 is 0 Å². The van der Waals surface area contributed by atoms with E-state index in [0.29, 0.717) is 11.3 Å². The lowest BCUT2D eigenvalue weighted by Gasteiger charge is -2.40. The van der Waals surface area contributed by atoms with Gasteiger partial charge in [0.15, 0.2) is 0 Å². The second-order valence-corrected chi connectivity index (χ2v) is 5.59. The predicted molar refractivity (Wildman–Crippen MR) is 81.7 cm³/mol. The summed E-state index contributed by atoms with van der Waals surface area (Å²) in [6, 6.07) is 15.0. The van der Waals surface area contributed by atoms with Gasteiger partial charge in [-0.15, -0.1) is 0 Å². The van der Waals surface area contributed by atoms with Crippen LogP contribution in [0.15, 0.2) is 48.5 Å². The molecular weight excluding hydrogens is 279 g/mol. The molecular formula is C18H15FN2O. The van der Waals surface area contributed by atoms with Crippen LogP contribution in [0.25, 0.3) is 0 Å². The van der Waals surface area contributed by atoms with Gasteiger partial charge in [0.25, 0.3) is 0 Å². The number of anilines is 1. The van der Waals surface area contributed by atoms with Crippen molar-refractivity contribution in [3.05, 3.63) is 65.5 Å². The van der Waals surface area contributed by atoms with Gasteiger partial charge in [-0.3, -0.25) is 4.79 Å². The van der Waals surface area contributed by atoms with Gasteiger partial charge < -0.3 is 5.32 Å². The number of rotatable bonds is 3. The zero-order valence-corrected chi connectivity index (χ0v) is 12.0. The van der Waals surface area contributed by atoms with Gasteiger partial charge in [0.1, 0.15) is 5.82 Å². The van der Waals surface area contributed by atoms with Crippen molar-refractivity contribution in [1.82, 2.24) is 0 Å². The number of carbonyl (C=O) groups is 1. The summed E-state index contributed by atoms with van der Waals surface area (Å²) in [5, 5.41) is 11.8. The Morgan fingerprint density at radius 1 is 1.18 bits per heavy atom. The number of hydrogen-bond acceptors (Lipinski definition) is 2. The molecule has 1 aliphatic carbocycles. The van der Waals surface area contributed by atoms with Crippen molar-refractivity contribution in [2.45, 2.75) is 24.7 Å². The molecule has 1 aliphatic rings. The fraction of sp³-hybridized carbons (Fsp3) is 0.222. The van der Waals surface area contributed by atoms with E-state index in [9.17, 15) is 9.18 Å². The normalized spacial score (nSPS) is 15.5. The zero-order valence-electron chi connectivity index (χ0n) is 12.0. The molecule has 0 atom stereocenters. The Morgan fingerprint density at radius 2 is 1.91 bits per heavy atom. The maximum Gasteiger partial charge on any atom is 0.235 e. The monoisotopic (exact) mass is 294 g/mol.